The standard InChI is InChI=1S/C21H20FN5O3S2/c1-12-4-5-13(9-15(12)22)23-17(28)11-32-21-25-24-20-26(10-14-3-2-7-30-14)19(29)18-16(27(20)21)6-8-31-18/h4-6,8-9,14H,2-3,7,10-11H2,1H3,(H,23,28). The second-order valence-electron chi connectivity index (χ2n) is 7.60. The van der Waals surface area contributed by atoms with E-state index in [9.17, 15) is 14.0 Å². The highest BCUT2D eigenvalue weighted by atomic mass is 32.2. The third-order valence-electron chi connectivity index (χ3n) is 5.38. The number of benzene rings is 1. The molecule has 1 aliphatic heterocycles. The van der Waals surface area contributed by atoms with Gasteiger partial charge in [0.05, 0.1) is 23.9 Å². The molecule has 1 aromatic carbocycles. The number of carbonyl (C=O) groups is 1. The first-order chi connectivity index (χ1) is 15.5. The van der Waals surface area contributed by atoms with Crippen molar-refractivity contribution in [3.63, 3.8) is 0 Å². The van der Waals surface area contributed by atoms with E-state index in [1.807, 2.05) is 15.8 Å². The van der Waals surface area contributed by atoms with Crippen molar-refractivity contribution in [3.05, 3.63) is 51.4 Å². The van der Waals surface area contributed by atoms with Crippen molar-refractivity contribution in [3.8, 4) is 0 Å². The molecule has 5 rings (SSSR count). The molecule has 1 saturated heterocycles. The van der Waals surface area contributed by atoms with Gasteiger partial charge in [0, 0.05) is 12.3 Å². The lowest BCUT2D eigenvalue weighted by Gasteiger charge is -2.13. The smallest absolute Gasteiger partial charge is 0.272 e. The summed E-state index contributed by atoms with van der Waals surface area (Å²) < 4.78 is 23.5. The van der Waals surface area contributed by atoms with Gasteiger partial charge < -0.3 is 10.1 Å². The number of amides is 1. The molecule has 1 unspecified atom stereocenters. The number of halogens is 1. The van der Waals surface area contributed by atoms with Crippen molar-refractivity contribution >= 4 is 50.7 Å². The molecule has 0 bridgehead atoms. The van der Waals surface area contributed by atoms with E-state index in [1.165, 1.54) is 29.2 Å². The zero-order chi connectivity index (χ0) is 22.2. The van der Waals surface area contributed by atoms with E-state index >= 15 is 0 Å². The summed E-state index contributed by atoms with van der Waals surface area (Å²) in [6, 6.07) is 6.42. The van der Waals surface area contributed by atoms with Crippen molar-refractivity contribution in [2.24, 2.45) is 0 Å². The Morgan fingerprint density at radius 2 is 2.25 bits per heavy atom. The molecule has 1 N–H and O–H groups in total. The summed E-state index contributed by atoms with van der Waals surface area (Å²) in [4.78, 5) is 25.5. The Labute approximate surface area is 190 Å². The molecule has 3 aromatic heterocycles. The van der Waals surface area contributed by atoms with Crippen LogP contribution in [0.3, 0.4) is 0 Å². The maximum atomic E-state index is 13.7. The maximum Gasteiger partial charge on any atom is 0.272 e. The fourth-order valence-corrected chi connectivity index (χ4v) is 5.31. The number of hydrogen-bond acceptors (Lipinski definition) is 7. The van der Waals surface area contributed by atoms with Crippen LogP contribution < -0.4 is 10.9 Å². The first-order valence-corrected chi connectivity index (χ1v) is 12.0. The van der Waals surface area contributed by atoms with Gasteiger partial charge in [0.25, 0.3) is 5.56 Å². The van der Waals surface area contributed by atoms with Crippen molar-refractivity contribution in [1.82, 2.24) is 19.2 Å². The fraction of sp³-hybridized carbons (Fsp3) is 0.333. The number of thiophene rings is 1. The second kappa shape index (κ2) is 8.64. The maximum absolute atomic E-state index is 13.7. The van der Waals surface area contributed by atoms with Gasteiger partial charge in [-0.05, 0) is 48.9 Å². The SMILES string of the molecule is Cc1ccc(NC(=O)CSc2nnc3n(CC4CCCO4)c(=O)c4sccc4n23)cc1F. The molecular weight excluding hydrogens is 453 g/mol. The van der Waals surface area contributed by atoms with Gasteiger partial charge in [0.1, 0.15) is 10.5 Å². The highest BCUT2D eigenvalue weighted by Crippen LogP contribution is 2.25. The zero-order valence-corrected chi connectivity index (χ0v) is 18.8. The summed E-state index contributed by atoms with van der Waals surface area (Å²) in [6.07, 6.45) is 1.85. The third-order valence-corrected chi connectivity index (χ3v) is 7.20. The number of fused-ring (bicyclic) bond motifs is 3. The van der Waals surface area contributed by atoms with Crippen LogP contribution in [-0.2, 0) is 16.1 Å². The Balaban J connectivity index is 1.42. The summed E-state index contributed by atoms with van der Waals surface area (Å²) >= 11 is 2.58. The van der Waals surface area contributed by atoms with Crippen LogP contribution in [-0.4, -0.2) is 43.5 Å². The number of nitrogens with zero attached hydrogens (tertiary/aromatic N) is 4. The molecule has 1 fully saturated rings. The van der Waals surface area contributed by atoms with Gasteiger partial charge in [-0.15, -0.1) is 21.5 Å². The molecule has 4 heterocycles. The predicted octanol–water partition coefficient (Wildman–Crippen LogP) is 3.46. The average Bonchev–Trinajstić information content (AvgIpc) is 3.52. The van der Waals surface area contributed by atoms with Gasteiger partial charge in [-0.1, -0.05) is 17.8 Å². The number of carbonyl (C=O) groups excluding carboxylic acids is 1. The Bertz CT molecular complexity index is 1370. The molecule has 1 atom stereocenters. The van der Waals surface area contributed by atoms with Crippen LogP contribution in [0.4, 0.5) is 10.1 Å². The van der Waals surface area contributed by atoms with E-state index in [1.54, 1.807) is 23.6 Å². The number of aryl methyl sites for hydroxylation is 1. The van der Waals surface area contributed by atoms with Gasteiger partial charge in [-0.3, -0.25) is 18.6 Å². The van der Waals surface area contributed by atoms with Crippen LogP contribution in [0, 0.1) is 12.7 Å². The summed E-state index contributed by atoms with van der Waals surface area (Å²) in [5.41, 5.74) is 1.52. The molecule has 0 aliphatic carbocycles. The van der Waals surface area contributed by atoms with E-state index in [-0.39, 0.29) is 29.1 Å². The van der Waals surface area contributed by atoms with Crippen LogP contribution in [0.5, 0.6) is 0 Å². The lowest BCUT2D eigenvalue weighted by Crippen LogP contribution is -2.28. The quantitative estimate of drug-likeness (QED) is 0.432. The molecule has 11 heteroatoms. The highest BCUT2D eigenvalue weighted by Gasteiger charge is 2.23. The molecule has 166 valence electrons. The molecular formula is C21H20FN5O3S2. The van der Waals surface area contributed by atoms with Crippen molar-refractivity contribution in [2.45, 2.75) is 37.6 Å². The number of nitrogens with one attached hydrogen (secondary N) is 1. The first kappa shape index (κ1) is 21.1. The summed E-state index contributed by atoms with van der Waals surface area (Å²) in [6.45, 7) is 2.78. The third kappa shape index (κ3) is 3.91. The summed E-state index contributed by atoms with van der Waals surface area (Å²) in [7, 11) is 0. The topological polar surface area (TPSA) is 90.5 Å². The number of ether oxygens (including phenoxy) is 1. The van der Waals surface area contributed by atoms with Gasteiger partial charge in [-0.25, -0.2) is 4.39 Å². The summed E-state index contributed by atoms with van der Waals surface area (Å²) in [5, 5.41) is 13.6. The lowest BCUT2D eigenvalue weighted by atomic mass is 10.2. The average molecular weight is 474 g/mol. The molecule has 1 aliphatic rings. The van der Waals surface area contributed by atoms with E-state index in [2.05, 4.69) is 15.5 Å². The molecule has 32 heavy (non-hydrogen) atoms. The predicted molar refractivity (Wildman–Crippen MR) is 122 cm³/mol. The molecule has 0 saturated carbocycles. The molecule has 1 amide bonds. The van der Waals surface area contributed by atoms with Crippen LogP contribution in [0.2, 0.25) is 0 Å². The van der Waals surface area contributed by atoms with E-state index < -0.39 is 0 Å². The minimum absolute atomic E-state index is 0.0256. The van der Waals surface area contributed by atoms with Gasteiger partial charge in [-0.2, -0.15) is 0 Å². The van der Waals surface area contributed by atoms with Crippen molar-refractivity contribution in [2.75, 3.05) is 17.7 Å². The van der Waals surface area contributed by atoms with Gasteiger partial charge in [0.2, 0.25) is 11.7 Å². The molecule has 4 aromatic rings. The van der Waals surface area contributed by atoms with E-state index in [4.69, 9.17) is 4.74 Å². The number of hydrogen-bond donors (Lipinski definition) is 1. The summed E-state index contributed by atoms with van der Waals surface area (Å²) in [5.74, 6) is -0.167. The number of rotatable bonds is 6. The normalized spacial score (nSPS) is 16.2. The van der Waals surface area contributed by atoms with Crippen LogP contribution in [0.25, 0.3) is 16.0 Å². The highest BCUT2D eigenvalue weighted by molar-refractivity contribution is 7.99. The Morgan fingerprint density at radius 3 is 3.03 bits per heavy atom. The van der Waals surface area contributed by atoms with Crippen molar-refractivity contribution < 1.29 is 13.9 Å². The number of aromatic nitrogens is 4. The largest absolute Gasteiger partial charge is 0.376 e. The van der Waals surface area contributed by atoms with E-state index in [0.717, 1.165) is 12.8 Å². The van der Waals surface area contributed by atoms with Crippen LogP contribution in [0.15, 0.2) is 39.6 Å². The van der Waals surface area contributed by atoms with Crippen LogP contribution >= 0.6 is 23.1 Å². The van der Waals surface area contributed by atoms with Crippen molar-refractivity contribution in [1.29, 1.82) is 0 Å². The number of anilines is 1. The molecule has 8 nitrogen and oxygen atoms in total. The minimum Gasteiger partial charge on any atom is -0.376 e. The Hall–Kier alpha value is -2.76. The Kier molecular flexibility index (Phi) is 5.70. The van der Waals surface area contributed by atoms with Crippen LogP contribution in [0.1, 0.15) is 18.4 Å². The van der Waals surface area contributed by atoms with Gasteiger partial charge in [0.15, 0.2) is 5.16 Å². The number of thioether (sulfide) groups is 1. The fourth-order valence-electron chi connectivity index (χ4n) is 3.75. The van der Waals surface area contributed by atoms with Gasteiger partial charge >= 0.3 is 0 Å². The monoisotopic (exact) mass is 473 g/mol. The second-order valence-corrected chi connectivity index (χ2v) is 9.46. The molecule has 0 spiro atoms. The molecule has 0 radical (unpaired) electrons. The minimum atomic E-state index is -0.372. The Morgan fingerprint density at radius 1 is 1.38 bits per heavy atom. The zero-order valence-electron chi connectivity index (χ0n) is 17.2. The first-order valence-electron chi connectivity index (χ1n) is 10.2. The van der Waals surface area contributed by atoms with E-state index in [0.29, 0.717) is 45.6 Å². The lowest BCUT2D eigenvalue weighted by molar-refractivity contribution is -0.113.